The van der Waals surface area contributed by atoms with E-state index in [0.717, 1.165) is 37.1 Å². The molecule has 18 aromatic carbocycles. The van der Waals surface area contributed by atoms with Gasteiger partial charge in [-0.15, -0.1) is 0 Å². The van der Waals surface area contributed by atoms with Crippen molar-refractivity contribution in [2.75, 3.05) is 0 Å². The Kier molecular flexibility index (Phi) is 13.9. The molecule has 2 unspecified atom stereocenters. The van der Waals surface area contributed by atoms with Gasteiger partial charge < -0.3 is 10.0 Å². The predicted octanol–water partition coefficient (Wildman–Crippen LogP) is 24.1. The third-order valence-electron chi connectivity index (χ3n) is 22.5. The van der Waals surface area contributed by atoms with Crippen molar-refractivity contribution in [2.45, 2.75) is 10.8 Å². The summed E-state index contributed by atoms with van der Waals surface area (Å²) in [6, 6.07) is 132. The van der Waals surface area contributed by atoms with Crippen molar-refractivity contribution >= 4 is 93.1 Å². The third-order valence-corrected chi connectivity index (χ3v) is 23.0. The summed E-state index contributed by atoms with van der Waals surface area (Å²) in [4.78, 5) is 0. The van der Waals surface area contributed by atoms with Crippen LogP contribution in [0.4, 0.5) is 0 Å². The van der Waals surface area contributed by atoms with Gasteiger partial charge in [0, 0.05) is 4.47 Å². The second-order valence-corrected chi connectivity index (χ2v) is 28.3. The fourth-order valence-corrected chi connectivity index (χ4v) is 19.1. The smallest absolute Gasteiger partial charge is 0.423 e. The number of halogens is 1. The number of benzene rings is 18. The van der Waals surface area contributed by atoms with Crippen LogP contribution in [0.3, 0.4) is 0 Å². The molecule has 0 aromatic heterocycles. The van der Waals surface area contributed by atoms with Crippen LogP contribution in [0.2, 0.25) is 0 Å². The number of hydrogen-bond donors (Lipinski definition) is 2. The van der Waals surface area contributed by atoms with Gasteiger partial charge in [-0.05, 0) is 211 Å². The van der Waals surface area contributed by atoms with E-state index < -0.39 is 12.5 Å². The molecule has 18 aromatic rings. The molecule has 0 bridgehead atoms. The van der Waals surface area contributed by atoms with Crippen LogP contribution >= 0.6 is 15.9 Å². The molecule has 2 N–H and O–H groups in total. The summed E-state index contributed by atoms with van der Waals surface area (Å²) < 4.78 is 1.12. The maximum atomic E-state index is 9.94. The fourth-order valence-electron chi connectivity index (χ4n) is 18.7. The minimum atomic E-state index is -1.50. The summed E-state index contributed by atoms with van der Waals surface area (Å²) in [7, 11) is -1.50. The monoisotopic (exact) mass is 1360 g/mol. The first-order valence-corrected chi connectivity index (χ1v) is 35.9. The molecule has 2 atom stereocenters. The number of rotatable bonds is 4. The van der Waals surface area contributed by atoms with E-state index in [-0.39, 0.29) is 5.41 Å². The highest BCUT2D eigenvalue weighted by Gasteiger charge is 2.52. The Hall–Kier alpha value is -12.0. The van der Waals surface area contributed by atoms with Gasteiger partial charge in [0.05, 0.1) is 10.8 Å². The van der Waals surface area contributed by atoms with Crippen molar-refractivity contribution in [2.24, 2.45) is 0 Å². The molecule has 0 fully saturated rings. The van der Waals surface area contributed by atoms with E-state index in [1.54, 1.807) is 0 Å². The first-order valence-electron chi connectivity index (χ1n) is 35.1. The Labute approximate surface area is 600 Å². The van der Waals surface area contributed by atoms with Crippen molar-refractivity contribution in [3.8, 4) is 77.9 Å². The summed E-state index contributed by atoms with van der Waals surface area (Å²) in [6.45, 7) is 0. The maximum Gasteiger partial charge on any atom is 0.489 e. The molecule has 0 saturated carbocycles. The molecular weight excluding hydrogens is 1300 g/mol. The van der Waals surface area contributed by atoms with Gasteiger partial charge in [0.1, 0.15) is 0 Å². The molecule has 4 heteroatoms. The quantitative estimate of drug-likeness (QED) is 0.136. The van der Waals surface area contributed by atoms with Gasteiger partial charge >= 0.3 is 7.12 Å². The van der Waals surface area contributed by atoms with E-state index in [1.165, 1.54) is 154 Å². The second-order valence-electron chi connectivity index (χ2n) is 27.4. The van der Waals surface area contributed by atoms with Crippen molar-refractivity contribution in [1.82, 2.24) is 0 Å². The lowest BCUT2D eigenvalue weighted by atomic mass is 9.61. The van der Waals surface area contributed by atoms with Crippen molar-refractivity contribution in [1.29, 1.82) is 0 Å². The molecule has 22 rings (SSSR count). The van der Waals surface area contributed by atoms with E-state index in [9.17, 15) is 10.0 Å². The van der Waals surface area contributed by atoms with Crippen molar-refractivity contribution < 1.29 is 10.0 Å². The molecule has 0 amide bonds. The van der Waals surface area contributed by atoms with E-state index in [2.05, 4.69) is 313 Å². The molecule has 0 radical (unpaired) electrons. The van der Waals surface area contributed by atoms with Gasteiger partial charge in [0.2, 0.25) is 0 Å². The lowest BCUT2D eigenvalue weighted by Crippen LogP contribution is -2.31. The van der Waals surface area contributed by atoms with Crippen LogP contribution in [0.1, 0.15) is 44.5 Å². The Morgan fingerprint density at radius 1 is 0.216 bits per heavy atom. The van der Waals surface area contributed by atoms with E-state index >= 15 is 0 Å². The summed E-state index contributed by atoms with van der Waals surface area (Å²) in [5.74, 6) is 0. The SMILES string of the molecule is Brc1ccc2c(c1)-c1ccccc1C21c2ccccc2-c2cccc3cccc1c23.OB(O)c1c2ccccc2c(-c2ccccc2)c2ccccc12.c1ccc(-c2c3ccccc3c(-c3ccc4c(c3)-c3ccccc3C43c4ccccc4-c4cccc5cccc3c45)c3ccccc23)cc1. The summed E-state index contributed by atoms with van der Waals surface area (Å²) in [5.41, 5.74) is 28.8. The molecule has 2 nitrogen and oxygen atoms in total. The topological polar surface area (TPSA) is 40.5 Å². The minimum absolute atomic E-state index is 0.295. The van der Waals surface area contributed by atoms with Gasteiger partial charge in [-0.2, -0.15) is 0 Å². The average Bonchev–Trinajstić information content (AvgIpc) is 1.47. The molecular formula is C98H62BBrO2. The van der Waals surface area contributed by atoms with Crippen LogP contribution in [0.5, 0.6) is 0 Å². The highest BCUT2D eigenvalue weighted by Crippen LogP contribution is 2.64. The van der Waals surface area contributed by atoms with Crippen LogP contribution < -0.4 is 5.46 Å². The normalized spacial score (nSPS) is 15.1. The summed E-state index contributed by atoms with van der Waals surface area (Å²) >= 11 is 3.72. The van der Waals surface area contributed by atoms with E-state index in [1.807, 2.05) is 66.7 Å². The van der Waals surface area contributed by atoms with E-state index in [0.29, 0.717) is 5.46 Å². The first-order chi connectivity index (χ1) is 50.4. The Bertz CT molecular complexity index is 6390. The molecule has 4 aliphatic carbocycles. The Morgan fingerprint density at radius 2 is 0.500 bits per heavy atom. The minimum Gasteiger partial charge on any atom is -0.423 e. The highest BCUT2D eigenvalue weighted by molar-refractivity contribution is 9.10. The number of fused-ring (bicyclic) bond motifs is 22. The first kappa shape index (κ1) is 60.0. The molecule has 4 aliphatic rings. The van der Waals surface area contributed by atoms with Crippen molar-refractivity contribution in [3.63, 3.8) is 0 Å². The van der Waals surface area contributed by atoms with Crippen molar-refractivity contribution in [3.05, 3.63) is 413 Å². The van der Waals surface area contributed by atoms with Gasteiger partial charge in [-0.3, -0.25) is 0 Å². The van der Waals surface area contributed by atoms with Crippen LogP contribution in [-0.2, 0) is 10.8 Å². The van der Waals surface area contributed by atoms with Gasteiger partial charge in [0.25, 0.3) is 0 Å². The lowest BCUT2D eigenvalue weighted by Gasteiger charge is -2.40. The highest BCUT2D eigenvalue weighted by atomic mass is 79.9. The second kappa shape index (κ2) is 23.6. The molecule has 0 heterocycles. The largest absolute Gasteiger partial charge is 0.489 e. The summed E-state index contributed by atoms with van der Waals surface area (Å²) in [6.07, 6.45) is 0. The van der Waals surface area contributed by atoms with E-state index in [4.69, 9.17) is 0 Å². The molecule has 0 saturated heterocycles. The molecule has 2 spiro atoms. The summed E-state index contributed by atoms with van der Waals surface area (Å²) in [5, 5.41) is 34.1. The van der Waals surface area contributed by atoms with Gasteiger partial charge in [0.15, 0.2) is 0 Å². The molecule has 0 aliphatic heterocycles. The molecule has 476 valence electrons. The Balaban J connectivity index is 0.000000112. The number of hydrogen-bond acceptors (Lipinski definition) is 2. The van der Waals surface area contributed by atoms with Crippen LogP contribution in [0.25, 0.3) is 143 Å². The molecule has 102 heavy (non-hydrogen) atoms. The fraction of sp³-hybridized carbons (Fsp3) is 0.0204. The average molecular weight is 1360 g/mol. The lowest BCUT2D eigenvalue weighted by molar-refractivity contribution is 0.426. The predicted molar refractivity (Wildman–Crippen MR) is 431 cm³/mol. The van der Waals surface area contributed by atoms with Crippen LogP contribution in [-0.4, -0.2) is 17.2 Å². The van der Waals surface area contributed by atoms with Crippen LogP contribution in [0, 0.1) is 0 Å². The van der Waals surface area contributed by atoms with Crippen LogP contribution in [0.15, 0.2) is 368 Å². The van der Waals surface area contributed by atoms with Gasteiger partial charge in [-0.1, -0.05) is 362 Å². The zero-order chi connectivity index (χ0) is 67.8. The standard InChI is InChI=1S/C49H30.C29H17Br.C20H15BO2/c1-2-14-31(15-3-1)46-37-20-4-6-22-39(37)47(40-23-7-5-21-38(40)46)33-28-29-44-41(30-33)35-19-9-11-26-43(35)49(44)42-25-10-8-18-34(42)36-24-12-16-32-17-13-27-45(49)48(32)36;30-19-15-16-26-23(17-19)21-10-2-4-13-25(21)29(26)24-12-3-1-9-20(24)22-11-5-7-18-8-6-14-27(29)28(18)22;22-21(23)20-17-12-6-4-10-15(17)19(14-8-2-1-3-9-14)16-11-5-7-13-18(16)20/h1-30H;1-17H;1-13,22-23H. The third kappa shape index (κ3) is 8.61. The van der Waals surface area contributed by atoms with Gasteiger partial charge in [-0.25, -0.2) is 0 Å². The zero-order valence-corrected chi connectivity index (χ0v) is 57.1. The maximum absolute atomic E-state index is 9.94. The Morgan fingerprint density at radius 3 is 0.902 bits per heavy atom. The zero-order valence-electron chi connectivity index (χ0n) is 55.5.